The molecule has 2 aromatic heterocycles. The lowest BCUT2D eigenvalue weighted by Crippen LogP contribution is -2.52. The Balaban J connectivity index is 0.00000275. The Labute approximate surface area is 326 Å². The fourth-order valence-electron chi connectivity index (χ4n) is 8.09. The number of nitrogens with one attached hydrogen (secondary N) is 3. The van der Waals surface area contributed by atoms with E-state index in [0.717, 1.165) is 85.2 Å². The number of aromatic amines is 1. The second kappa shape index (κ2) is 18.0. The summed E-state index contributed by atoms with van der Waals surface area (Å²) in [7, 11) is 0. The molecule has 6 aromatic rings. The number of anilines is 1. The monoisotopic (exact) mass is 783 g/mol. The van der Waals surface area contributed by atoms with E-state index < -0.39 is 18.0 Å². The number of rotatable bonds is 13. The highest BCUT2D eigenvalue weighted by Gasteiger charge is 2.36. The first kappa shape index (κ1) is 40.8. The number of aryl methyl sites for hydroxylation is 2. The van der Waals surface area contributed by atoms with E-state index in [1.54, 1.807) is 16.7 Å². The predicted molar refractivity (Wildman–Crippen MR) is 216 cm³/mol. The lowest BCUT2D eigenvalue weighted by atomic mass is 9.86. The van der Waals surface area contributed by atoms with Crippen molar-refractivity contribution in [3.05, 3.63) is 129 Å². The van der Waals surface area contributed by atoms with E-state index in [1.807, 2.05) is 60.7 Å². The molecule has 0 radical (unpaired) electrons. The third-order valence-corrected chi connectivity index (χ3v) is 11.0. The summed E-state index contributed by atoms with van der Waals surface area (Å²) in [5, 5.41) is 27.9. The molecule has 9 rings (SSSR count). The van der Waals surface area contributed by atoms with E-state index in [1.165, 1.54) is 12.1 Å². The van der Waals surface area contributed by atoms with Crippen molar-refractivity contribution < 1.29 is 33.6 Å². The van der Waals surface area contributed by atoms with Gasteiger partial charge >= 0.3 is 11.8 Å². The zero-order chi connectivity index (χ0) is 37.9. The number of aliphatic hydroxyl groups is 1. The van der Waals surface area contributed by atoms with Crippen LogP contribution in [0.2, 0.25) is 0 Å². The number of fused-ring (bicyclic) bond motifs is 5. The highest BCUT2D eigenvalue weighted by Crippen LogP contribution is 2.33. The SMILES string of the molecule is F.F.O=C(Nc1cc(CCCCn2c(=O)oc3cc(CNC[C@H](O)c4ccc(O)c5[nH]c(=O)ccc45)ccc32)ccc1-c1ccccc1)O[C@H]1CN2CCC1CC2. The van der Waals surface area contributed by atoms with Crippen molar-refractivity contribution in [1.29, 1.82) is 0 Å². The molecule has 3 fully saturated rings. The summed E-state index contributed by atoms with van der Waals surface area (Å²) in [4.78, 5) is 42.8. The van der Waals surface area contributed by atoms with Crippen molar-refractivity contribution in [2.45, 2.75) is 57.4 Å². The van der Waals surface area contributed by atoms with Crippen LogP contribution in [0.25, 0.3) is 33.1 Å². The molecule has 57 heavy (non-hydrogen) atoms. The van der Waals surface area contributed by atoms with Crippen LogP contribution < -0.4 is 21.9 Å². The van der Waals surface area contributed by atoms with Crippen LogP contribution in [0.3, 0.4) is 0 Å². The van der Waals surface area contributed by atoms with E-state index >= 15 is 0 Å². The fourth-order valence-corrected chi connectivity index (χ4v) is 8.09. The number of aliphatic hydroxyl groups excluding tert-OH is 1. The molecular weight excluding hydrogens is 736 g/mol. The van der Waals surface area contributed by atoms with Gasteiger partial charge in [-0.15, -0.1) is 0 Å². The topological polar surface area (TPSA) is 162 Å². The number of pyridine rings is 1. The van der Waals surface area contributed by atoms with Crippen molar-refractivity contribution in [2.24, 2.45) is 5.92 Å². The molecule has 1 amide bonds. The first-order valence-electron chi connectivity index (χ1n) is 19.0. The number of hydrogen-bond acceptors (Lipinski definition) is 9. The summed E-state index contributed by atoms with van der Waals surface area (Å²) >= 11 is 0. The number of aromatic nitrogens is 2. The Morgan fingerprint density at radius 3 is 2.49 bits per heavy atom. The van der Waals surface area contributed by atoms with Crippen LogP contribution in [0.4, 0.5) is 19.9 Å². The van der Waals surface area contributed by atoms with E-state index in [2.05, 4.69) is 26.6 Å². The molecule has 300 valence electrons. The summed E-state index contributed by atoms with van der Waals surface area (Å²) in [6, 6.07) is 27.9. The zero-order valence-electron chi connectivity index (χ0n) is 31.3. The second-order valence-electron chi connectivity index (χ2n) is 14.7. The van der Waals surface area contributed by atoms with Gasteiger partial charge in [0.2, 0.25) is 5.56 Å². The van der Waals surface area contributed by atoms with Gasteiger partial charge in [-0.1, -0.05) is 54.6 Å². The summed E-state index contributed by atoms with van der Waals surface area (Å²) in [6.45, 7) is 4.11. The smallest absolute Gasteiger partial charge is 0.419 e. The first-order valence-corrected chi connectivity index (χ1v) is 19.0. The zero-order valence-corrected chi connectivity index (χ0v) is 31.3. The van der Waals surface area contributed by atoms with Crippen molar-refractivity contribution in [2.75, 3.05) is 31.5 Å². The molecule has 2 atom stereocenters. The molecule has 5 heterocycles. The predicted octanol–water partition coefficient (Wildman–Crippen LogP) is 6.60. The van der Waals surface area contributed by atoms with Gasteiger partial charge in [-0.3, -0.25) is 29.0 Å². The van der Waals surface area contributed by atoms with Gasteiger partial charge in [0, 0.05) is 43.2 Å². The van der Waals surface area contributed by atoms with Crippen LogP contribution in [0.1, 0.15) is 48.5 Å². The number of benzene rings is 4. The van der Waals surface area contributed by atoms with Gasteiger partial charge in [0.25, 0.3) is 0 Å². The summed E-state index contributed by atoms with van der Waals surface area (Å²) < 4.78 is 13.2. The van der Waals surface area contributed by atoms with Gasteiger partial charge in [-0.2, -0.15) is 0 Å². The minimum Gasteiger partial charge on any atom is -0.506 e. The molecule has 0 saturated carbocycles. The largest absolute Gasteiger partial charge is 0.506 e. The third-order valence-electron chi connectivity index (χ3n) is 11.0. The number of halogens is 2. The Hall–Kier alpha value is -5.83. The quantitative estimate of drug-likeness (QED) is 0.0813. The minimum absolute atomic E-state index is 0. The Morgan fingerprint density at radius 2 is 1.72 bits per heavy atom. The number of oxazole rings is 1. The van der Waals surface area contributed by atoms with Crippen molar-refractivity contribution >= 4 is 33.8 Å². The van der Waals surface area contributed by atoms with Crippen LogP contribution in [-0.2, 0) is 24.2 Å². The van der Waals surface area contributed by atoms with Gasteiger partial charge in [0.05, 0.1) is 22.8 Å². The normalized spacial score (nSPS) is 17.8. The summed E-state index contributed by atoms with van der Waals surface area (Å²) in [5.41, 5.74) is 6.37. The number of aromatic hydroxyl groups is 1. The average Bonchev–Trinajstić information content (AvgIpc) is 3.51. The summed E-state index contributed by atoms with van der Waals surface area (Å²) in [6.07, 6.45) is 3.10. The maximum absolute atomic E-state index is 13.2. The van der Waals surface area contributed by atoms with E-state index in [-0.39, 0.29) is 38.9 Å². The van der Waals surface area contributed by atoms with Crippen LogP contribution in [0.5, 0.6) is 5.75 Å². The highest BCUT2D eigenvalue weighted by atomic mass is 19.0. The maximum Gasteiger partial charge on any atom is 0.419 e. The van der Waals surface area contributed by atoms with Crippen LogP contribution in [0, 0.1) is 5.92 Å². The molecular formula is C43H47F2N5O7. The number of H-pyrrole nitrogens is 1. The van der Waals surface area contributed by atoms with E-state index in [0.29, 0.717) is 35.5 Å². The van der Waals surface area contributed by atoms with Crippen LogP contribution in [0.15, 0.2) is 105 Å². The maximum atomic E-state index is 13.2. The number of amides is 1. The molecule has 4 aromatic carbocycles. The number of unbranched alkanes of at least 4 members (excludes halogenated alkanes) is 1. The average molecular weight is 784 g/mol. The van der Waals surface area contributed by atoms with Crippen molar-refractivity contribution in [1.82, 2.24) is 19.8 Å². The molecule has 3 saturated heterocycles. The van der Waals surface area contributed by atoms with Gasteiger partial charge in [-0.05, 0) is 104 Å². The molecule has 14 heteroatoms. The first-order chi connectivity index (χ1) is 26.8. The molecule has 0 spiro atoms. The molecule has 0 aliphatic carbocycles. The number of hydrogen-bond donors (Lipinski definition) is 5. The van der Waals surface area contributed by atoms with Gasteiger partial charge in [0.1, 0.15) is 11.9 Å². The Kier molecular flexibility index (Phi) is 12.9. The Bertz CT molecular complexity index is 2440. The molecule has 0 unspecified atom stereocenters. The summed E-state index contributed by atoms with van der Waals surface area (Å²) in [5.74, 6) is -0.0443. The number of piperidine rings is 3. The number of ether oxygens (including phenoxy) is 1. The van der Waals surface area contributed by atoms with Gasteiger partial charge < -0.3 is 29.7 Å². The number of phenolic OH excluding ortho intramolecular Hbond substituents is 1. The lowest BCUT2D eigenvalue weighted by Gasteiger charge is -2.43. The Morgan fingerprint density at radius 1 is 0.930 bits per heavy atom. The molecule has 3 aliphatic rings. The number of carbonyl (C=O) groups excluding carboxylic acids is 1. The van der Waals surface area contributed by atoms with Crippen LogP contribution >= 0.6 is 0 Å². The number of carbonyl (C=O) groups is 1. The van der Waals surface area contributed by atoms with Crippen LogP contribution in [-0.4, -0.2) is 63.0 Å². The van der Waals surface area contributed by atoms with Crippen molar-refractivity contribution in [3.8, 4) is 16.9 Å². The van der Waals surface area contributed by atoms with Crippen molar-refractivity contribution in [3.63, 3.8) is 0 Å². The molecule has 12 nitrogen and oxygen atoms in total. The molecule has 5 N–H and O–H groups in total. The standard InChI is InChI=1S/C43H45N5O7.2FH/c49-36-15-12-32(33-13-16-40(51)46-41(33)36)37(50)25-44-24-28-10-14-35-38(23-28)55-43(53)48(35)19-5-4-6-27-9-11-31(29-7-2-1-3-8-29)34(22-27)45-42(52)54-39-26-47-20-17-30(39)18-21-47;;/h1-3,7-16,22-23,30,37,39,44,49-50H,4-6,17-21,24-26H2,(H,45,52)(H,46,51);2*1H/t37-,39-;;/m0../s1. The van der Waals surface area contributed by atoms with E-state index in [4.69, 9.17) is 9.15 Å². The minimum atomic E-state index is -0.891. The number of nitrogens with zero attached hydrogens (tertiary/aromatic N) is 2. The molecule has 2 bridgehead atoms. The molecule has 3 aliphatic heterocycles. The van der Waals surface area contributed by atoms with Gasteiger partial charge in [0.15, 0.2) is 5.58 Å². The van der Waals surface area contributed by atoms with Gasteiger partial charge in [-0.25, -0.2) is 9.59 Å². The number of phenols is 1. The lowest BCUT2D eigenvalue weighted by molar-refractivity contribution is -0.0289. The fraction of sp³-hybridized carbons (Fsp3) is 0.326. The second-order valence-corrected chi connectivity index (χ2v) is 14.7. The third kappa shape index (κ3) is 9.09. The highest BCUT2D eigenvalue weighted by molar-refractivity contribution is 5.92. The van der Waals surface area contributed by atoms with E-state index in [9.17, 15) is 24.6 Å².